The first kappa shape index (κ1) is 20.4. The Bertz CT molecular complexity index is 1110. The van der Waals surface area contributed by atoms with Crippen molar-refractivity contribution in [3.05, 3.63) is 57.4 Å². The van der Waals surface area contributed by atoms with Crippen molar-refractivity contribution < 1.29 is 14.4 Å². The average molecular weight is 445 g/mol. The molecule has 2 aromatic heterocycles. The molecule has 3 heterocycles. The van der Waals surface area contributed by atoms with Crippen molar-refractivity contribution in [1.29, 1.82) is 0 Å². The molecular formula is C21H21ClN4O3S. The van der Waals surface area contributed by atoms with Crippen LogP contribution in [-0.4, -0.2) is 51.8 Å². The highest BCUT2D eigenvalue weighted by Gasteiger charge is 2.39. The second kappa shape index (κ2) is 8.49. The van der Waals surface area contributed by atoms with Crippen LogP contribution in [0.15, 0.2) is 42.6 Å². The number of para-hydroxylation sites is 1. The Morgan fingerprint density at radius 2 is 2.03 bits per heavy atom. The van der Waals surface area contributed by atoms with Gasteiger partial charge in [-0.1, -0.05) is 29.8 Å². The molecule has 0 spiro atoms. The van der Waals surface area contributed by atoms with E-state index < -0.39 is 12.1 Å². The van der Waals surface area contributed by atoms with Gasteiger partial charge in [-0.3, -0.25) is 14.5 Å². The maximum Gasteiger partial charge on any atom is 0.325 e. The fourth-order valence-electron chi connectivity index (χ4n) is 3.62. The number of halogens is 1. The smallest absolute Gasteiger partial charge is 0.325 e. The lowest BCUT2D eigenvalue weighted by atomic mass is 10.1. The maximum atomic E-state index is 12.8. The third-order valence-corrected chi connectivity index (χ3v) is 6.43. The molecule has 1 saturated heterocycles. The number of rotatable bonds is 7. The molecule has 1 aromatic carbocycles. The van der Waals surface area contributed by atoms with Gasteiger partial charge in [-0.05, 0) is 30.7 Å². The predicted molar refractivity (Wildman–Crippen MR) is 116 cm³/mol. The molecule has 7 nitrogen and oxygen atoms in total. The lowest BCUT2D eigenvalue weighted by Gasteiger charge is -2.22. The number of nitrogens with one attached hydrogen (secondary N) is 2. The van der Waals surface area contributed by atoms with Crippen LogP contribution in [0.25, 0.3) is 10.9 Å². The van der Waals surface area contributed by atoms with Gasteiger partial charge in [0.25, 0.3) is 5.91 Å². The van der Waals surface area contributed by atoms with Crippen LogP contribution in [0.4, 0.5) is 4.79 Å². The van der Waals surface area contributed by atoms with E-state index in [9.17, 15) is 14.4 Å². The summed E-state index contributed by atoms with van der Waals surface area (Å²) in [5, 5.41) is 3.72. The summed E-state index contributed by atoms with van der Waals surface area (Å²) >= 11 is 7.36. The zero-order valence-electron chi connectivity index (χ0n) is 16.4. The number of H-pyrrole nitrogens is 1. The van der Waals surface area contributed by atoms with Gasteiger partial charge in [0.1, 0.15) is 12.6 Å². The highest BCUT2D eigenvalue weighted by atomic mass is 35.5. The van der Waals surface area contributed by atoms with Crippen LogP contribution >= 0.6 is 22.9 Å². The van der Waals surface area contributed by atoms with Crippen LogP contribution in [0, 0.1) is 0 Å². The zero-order chi connectivity index (χ0) is 21.3. The van der Waals surface area contributed by atoms with E-state index in [1.807, 2.05) is 43.5 Å². The van der Waals surface area contributed by atoms with Crippen LogP contribution in [0.5, 0.6) is 0 Å². The Morgan fingerprint density at radius 1 is 1.23 bits per heavy atom. The van der Waals surface area contributed by atoms with Crippen molar-refractivity contribution in [3.8, 4) is 0 Å². The number of carbonyl (C=O) groups is 3. The number of benzene rings is 1. The molecule has 0 saturated carbocycles. The molecule has 0 bridgehead atoms. The van der Waals surface area contributed by atoms with Crippen molar-refractivity contribution in [2.24, 2.45) is 0 Å². The first-order chi connectivity index (χ1) is 14.5. The van der Waals surface area contributed by atoms with E-state index in [1.54, 1.807) is 11.0 Å². The number of likely N-dealkylation sites (N-methyl/N-ethyl adjacent to an activating group) is 1. The minimum absolute atomic E-state index is 0.276. The molecule has 0 radical (unpaired) electrons. The molecule has 3 aromatic rings. The van der Waals surface area contributed by atoms with Gasteiger partial charge >= 0.3 is 6.03 Å². The molecule has 2 N–H and O–H groups in total. The number of hydrogen-bond donors (Lipinski definition) is 2. The summed E-state index contributed by atoms with van der Waals surface area (Å²) in [4.78, 5) is 44.7. The first-order valence-corrected chi connectivity index (χ1v) is 10.8. The fraction of sp³-hybridized carbons (Fsp3) is 0.286. The van der Waals surface area contributed by atoms with E-state index in [0.717, 1.165) is 26.2 Å². The number of imide groups is 1. The van der Waals surface area contributed by atoms with Crippen LogP contribution in [0.1, 0.15) is 17.4 Å². The number of urea groups is 1. The molecule has 9 heteroatoms. The van der Waals surface area contributed by atoms with E-state index in [0.29, 0.717) is 23.8 Å². The molecule has 156 valence electrons. The molecule has 30 heavy (non-hydrogen) atoms. The summed E-state index contributed by atoms with van der Waals surface area (Å²) in [6.07, 6.45) is 2.22. The van der Waals surface area contributed by atoms with E-state index in [4.69, 9.17) is 11.6 Å². The molecule has 4 amide bonds. The minimum atomic E-state index is -0.685. The highest BCUT2D eigenvalue weighted by molar-refractivity contribution is 7.16. The van der Waals surface area contributed by atoms with Gasteiger partial charge < -0.3 is 15.2 Å². The SMILES string of the molecule is CCN(Cc1ccc(Cl)s1)C(=O)CN1C(=O)N[C@@H](Cc2c[nH]c3ccccc23)C1=O. The van der Waals surface area contributed by atoms with Crippen LogP contribution in [0.2, 0.25) is 4.34 Å². The molecule has 1 aliphatic rings. The summed E-state index contributed by atoms with van der Waals surface area (Å²) in [6, 6.07) is 10.2. The number of nitrogens with zero attached hydrogens (tertiary/aromatic N) is 2. The lowest BCUT2D eigenvalue weighted by Crippen LogP contribution is -2.43. The molecule has 1 fully saturated rings. The predicted octanol–water partition coefficient (Wildman–Crippen LogP) is 3.39. The highest BCUT2D eigenvalue weighted by Crippen LogP contribution is 2.23. The third-order valence-electron chi connectivity index (χ3n) is 5.21. The van der Waals surface area contributed by atoms with Crippen molar-refractivity contribution >= 4 is 51.7 Å². The van der Waals surface area contributed by atoms with Gasteiger partial charge in [0.15, 0.2) is 0 Å². The van der Waals surface area contributed by atoms with Crippen molar-refractivity contribution in [2.75, 3.05) is 13.1 Å². The second-order valence-electron chi connectivity index (χ2n) is 7.10. The van der Waals surface area contributed by atoms with Crippen LogP contribution in [-0.2, 0) is 22.6 Å². The number of fused-ring (bicyclic) bond motifs is 1. The molecule has 1 atom stereocenters. The molecule has 0 unspecified atom stereocenters. The van der Waals surface area contributed by atoms with Crippen molar-refractivity contribution in [2.45, 2.75) is 25.9 Å². The van der Waals surface area contributed by atoms with E-state index in [1.165, 1.54) is 11.3 Å². The first-order valence-electron chi connectivity index (χ1n) is 9.65. The van der Waals surface area contributed by atoms with Gasteiger partial charge in [-0.25, -0.2) is 4.79 Å². The normalized spacial score (nSPS) is 16.3. The average Bonchev–Trinajstić information content (AvgIpc) is 3.41. The Morgan fingerprint density at radius 3 is 2.77 bits per heavy atom. The number of aromatic amines is 1. The molecule has 0 aliphatic carbocycles. The Labute approximate surface area is 182 Å². The van der Waals surface area contributed by atoms with E-state index in [-0.39, 0.29) is 18.4 Å². The number of aromatic nitrogens is 1. The number of carbonyl (C=O) groups excluding carboxylic acids is 3. The lowest BCUT2D eigenvalue weighted by molar-refractivity contribution is -0.137. The molecule has 4 rings (SSSR count). The van der Waals surface area contributed by atoms with Crippen LogP contribution in [0.3, 0.4) is 0 Å². The van der Waals surface area contributed by atoms with Crippen molar-refractivity contribution in [3.63, 3.8) is 0 Å². The standard InChI is InChI=1S/C21H21ClN4O3S/c1-2-25(11-14-7-8-18(22)30-14)19(27)12-26-20(28)17(24-21(26)29)9-13-10-23-16-6-4-3-5-15(13)16/h3-8,10,17,23H,2,9,11-12H2,1H3,(H,24,29)/t17-/m0/s1. The van der Waals surface area contributed by atoms with Crippen molar-refractivity contribution in [1.82, 2.24) is 20.1 Å². The quantitative estimate of drug-likeness (QED) is 0.548. The third kappa shape index (κ3) is 4.06. The maximum absolute atomic E-state index is 12.8. The van der Waals surface area contributed by atoms with Crippen LogP contribution < -0.4 is 5.32 Å². The number of hydrogen-bond acceptors (Lipinski definition) is 4. The largest absolute Gasteiger partial charge is 0.361 e. The number of thiophene rings is 1. The second-order valence-corrected chi connectivity index (χ2v) is 8.90. The Kier molecular flexibility index (Phi) is 5.78. The van der Waals surface area contributed by atoms with E-state index in [2.05, 4.69) is 10.3 Å². The van der Waals surface area contributed by atoms with Gasteiger partial charge in [0, 0.05) is 34.9 Å². The summed E-state index contributed by atoms with van der Waals surface area (Å²) in [5.74, 6) is -0.660. The Hall–Kier alpha value is -2.84. The minimum Gasteiger partial charge on any atom is -0.361 e. The monoisotopic (exact) mass is 444 g/mol. The summed E-state index contributed by atoms with van der Waals surface area (Å²) in [5.41, 5.74) is 1.92. The zero-order valence-corrected chi connectivity index (χ0v) is 17.9. The van der Waals surface area contributed by atoms with Gasteiger partial charge in [-0.15, -0.1) is 11.3 Å². The van der Waals surface area contributed by atoms with Gasteiger partial charge in [-0.2, -0.15) is 0 Å². The van der Waals surface area contributed by atoms with Gasteiger partial charge in [0.05, 0.1) is 10.9 Å². The molecule has 1 aliphatic heterocycles. The molecular weight excluding hydrogens is 424 g/mol. The topological polar surface area (TPSA) is 85.5 Å². The fourth-order valence-corrected chi connectivity index (χ4v) is 4.73. The summed E-state index contributed by atoms with van der Waals surface area (Å²) in [7, 11) is 0. The summed E-state index contributed by atoms with van der Waals surface area (Å²) in [6.45, 7) is 2.45. The van der Waals surface area contributed by atoms with Gasteiger partial charge in [0.2, 0.25) is 5.91 Å². The van der Waals surface area contributed by atoms with E-state index >= 15 is 0 Å². The summed E-state index contributed by atoms with van der Waals surface area (Å²) < 4.78 is 0.655. The Balaban J connectivity index is 1.42. The number of amides is 4.